The molecule has 0 fully saturated rings. The Morgan fingerprint density at radius 3 is 2.86 bits per heavy atom. The molecule has 108 valence electrons. The van der Waals surface area contributed by atoms with Gasteiger partial charge in [-0.1, -0.05) is 24.9 Å². The van der Waals surface area contributed by atoms with E-state index < -0.39 is 5.97 Å². The number of hydrogen-bond acceptors (Lipinski definition) is 4. The van der Waals surface area contributed by atoms with Crippen molar-refractivity contribution < 1.29 is 9.90 Å². The molecule has 0 bridgehead atoms. The molecular formula is C14H12ClN3O2S. The molecule has 0 saturated carbocycles. The van der Waals surface area contributed by atoms with E-state index in [0.717, 1.165) is 23.4 Å². The van der Waals surface area contributed by atoms with Crippen molar-refractivity contribution in [1.82, 2.24) is 14.6 Å². The molecule has 5 nitrogen and oxygen atoms in total. The van der Waals surface area contributed by atoms with Crippen LogP contribution in [0.15, 0.2) is 24.3 Å². The second kappa shape index (κ2) is 5.46. The van der Waals surface area contributed by atoms with Gasteiger partial charge >= 0.3 is 5.97 Å². The summed E-state index contributed by atoms with van der Waals surface area (Å²) in [7, 11) is 0. The van der Waals surface area contributed by atoms with E-state index in [9.17, 15) is 9.90 Å². The van der Waals surface area contributed by atoms with E-state index >= 15 is 0 Å². The molecular weight excluding hydrogens is 310 g/mol. The molecule has 0 saturated heterocycles. The highest BCUT2D eigenvalue weighted by molar-refractivity contribution is 7.19. The molecule has 21 heavy (non-hydrogen) atoms. The fraction of sp³-hybridized carbons (Fsp3) is 0.214. The van der Waals surface area contributed by atoms with E-state index in [0.29, 0.717) is 15.7 Å². The van der Waals surface area contributed by atoms with Crippen LogP contribution in [0.5, 0.6) is 0 Å². The Morgan fingerprint density at radius 1 is 1.43 bits per heavy atom. The highest BCUT2D eigenvalue weighted by atomic mass is 35.5. The maximum absolute atomic E-state index is 11.5. The average Bonchev–Trinajstić information content (AvgIpc) is 3.03. The normalized spacial score (nSPS) is 11.1. The average molecular weight is 322 g/mol. The quantitative estimate of drug-likeness (QED) is 0.794. The molecule has 0 spiro atoms. The fourth-order valence-electron chi connectivity index (χ4n) is 2.13. The number of carbonyl (C=O) groups is 1. The molecule has 1 N–H and O–H groups in total. The van der Waals surface area contributed by atoms with Crippen molar-refractivity contribution in [2.24, 2.45) is 0 Å². The number of fused-ring (bicyclic) bond motifs is 1. The van der Waals surface area contributed by atoms with Gasteiger partial charge in [0.25, 0.3) is 0 Å². The van der Waals surface area contributed by atoms with E-state index in [-0.39, 0.29) is 5.69 Å². The first-order valence-corrected chi connectivity index (χ1v) is 7.66. The lowest BCUT2D eigenvalue weighted by Crippen LogP contribution is -2.08. The van der Waals surface area contributed by atoms with Crippen LogP contribution in [-0.2, 0) is 6.42 Å². The lowest BCUT2D eigenvalue weighted by atomic mass is 10.2. The zero-order valence-corrected chi connectivity index (χ0v) is 12.8. The van der Waals surface area contributed by atoms with Gasteiger partial charge in [-0.15, -0.1) is 11.3 Å². The van der Waals surface area contributed by atoms with E-state index in [4.69, 9.17) is 11.6 Å². The SMILES string of the molecule is CCCc1cc2nc(-c3ccc(Cl)s3)cc(C(=O)O)n2n1. The topological polar surface area (TPSA) is 67.5 Å². The molecule has 3 rings (SSSR count). The molecule has 0 aliphatic carbocycles. The summed E-state index contributed by atoms with van der Waals surface area (Å²) in [6, 6.07) is 6.96. The maximum atomic E-state index is 11.5. The molecule has 0 unspecified atom stereocenters. The van der Waals surface area contributed by atoms with Gasteiger partial charge in [0, 0.05) is 6.07 Å². The minimum Gasteiger partial charge on any atom is -0.477 e. The number of carboxylic acids is 1. The van der Waals surface area contributed by atoms with Crippen molar-refractivity contribution in [2.75, 3.05) is 0 Å². The van der Waals surface area contributed by atoms with Crippen molar-refractivity contribution >= 4 is 34.6 Å². The zero-order valence-electron chi connectivity index (χ0n) is 11.2. The molecule has 0 aliphatic rings. The minimum absolute atomic E-state index is 0.0990. The minimum atomic E-state index is -1.03. The first-order valence-electron chi connectivity index (χ1n) is 6.47. The summed E-state index contributed by atoms with van der Waals surface area (Å²) in [6.45, 7) is 2.05. The van der Waals surface area contributed by atoms with Gasteiger partial charge in [-0.05, 0) is 24.6 Å². The van der Waals surface area contributed by atoms with Crippen molar-refractivity contribution in [3.05, 3.63) is 40.0 Å². The van der Waals surface area contributed by atoms with E-state index in [2.05, 4.69) is 17.0 Å². The highest BCUT2D eigenvalue weighted by Gasteiger charge is 2.16. The van der Waals surface area contributed by atoms with Gasteiger partial charge in [-0.25, -0.2) is 14.3 Å². The predicted octanol–water partition coefficient (Wildman–Crippen LogP) is 3.76. The number of nitrogens with zero attached hydrogens (tertiary/aromatic N) is 3. The second-order valence-corrected chi connectivity index (χ2v) is 6.31. The number of rotatable bonds is 4. The number of halogens is 1. The smallest absolute Gasteiger partial charge is 0.354 e. The van der Waals surface area contributed by atoms with Gasteiger partial charge < -0.3 is 5.11 Å². The third-order valence-corrected chi connectivity index (χ3v) is 4.28. The summed E-state index contributed by atoms with van der Waals surface area (Å²) >= 11 is 7.30. The van der Waals surface area contributed by atoms with Gasteiger partial charge in [0.15, 0.2) is 11.3 Å². The van der Waals surface area contributed by atoms with Crippen LogP contribution >= 0.6 is 22.9 Å². The Balaban J connectivity index is 2.21. The number of hydrogen-bond donors (Lipinski definition) is 1. The molecule has 3 heterocycles. The number of thiophene rings is 1. The summed E-state index contributed by atoms with van der Waals surface area (Å²) in [6.07, 6.45) is 1.74. The van der Waals surface area contributed by atoms with Crippen molar-refractivity contribution in [3.8, 4) is 10.6 Å². The summed E-state index contributed by atoms with van der Waals surface area (Å²) in [4.78, 5) is 16.8. The van der Waals surface area contributed by atoms with Gasteiger partial charge in [0.1, 0.15) is 0 Å². The maximum Gasteiger partial charge on any atom is 0.354 e. The van der Waals surface area contributed by atoms with Gasteiger partial charge in [-0.2, -0.15) is 5.10 Å². The van der Waals surface area contributed by atoms with Gasteiger partial charge in [0.2, 0.25) is 0 Å². The molecule has 0 aromatic carbocycles. The van der Waals surface area contributed by atoms with Gasteiger partial charge in [0.05, 0.1) is 20.6 Å². The van der Waals surface area contributed by atoms with Crippen molar-refractivity contribution in [2.45, 2.75) is 19.8 Å². The summed E-state index contributed by atoms with van der Waals surface area (Å²) in [5.74, 6) is -1.03. The Kier molecular flexibility index (Phi) is 3.65. The Labute approximate surface area is 129 Å². The Morgan fingerprint density at radius 2 is 2.24 bits per heavy atom. The molecule has 7 heteroatoms. The predicted molar refractivity (Wildman–Crippen MR) is 82.3 cm³/mol. The van der Waals surface area contributed by atoms with Crippen molar-refractivity contribution in [1.29, 1.82) is 0 Å². The number of aryl methyl sites for hydroxylation is 1. The summed E-state index contributed by atoms with van der Waals surface area (Å²) < 4.78 is 2.02. The Bertz CT molecular complexity index is 825. The van der Waals surface area contributed by atoms with Crippen LogP contribution in [0.4, 0.5) is 0 Å². The number of aromatic carboxylic acids is 1. The van der Waals surface area contributed by atoms with Crippen LogP contribution in [0.25, 0.3) is 16.2 Å². The zero-order chi connectivity index (χ0) is 15.0. The summed E-state index contributed by atoms with van der Waals surface area (Å²) in [5.41, 5.74) is 2.08. The van der Waals surface area contributed by atoms with Crippen LogP contribution < -0.4 is 0 Å². The second-order valence-electron chi connectivity index (χ2n) is 4.59. The van der Waals surface area contributed by atoms with E-state index in [1.165, 1.54) is 21.9 Å². The van der Waals surface area contributed by atoms with Gasteiger partial charge in [-0.3, -0.25) is 0 Å². The largest absolute Gasteiger partial charge is 0.477 e. The Hall–Kier alpha value is -1.92. The third kappa shape index (κ3) is 2.64. The third-order valence-electron chi connectivity index (χ3n) is 3.03. The lowest BCUT2D eigenvalue weighted by molar-refractivity contribution is 0.0687. The van der Waals surface area contributed by atoms with Crippen LogP contribution in [-0.4, -0.2) is 25.7 Å². The molecule has 0 atom stereocenters. The number of carboxylic acid groups (broad SMARTS) is 1. The van der Waals surface area contributed by atoms with Crippen LogP contribution in [0.3, 0.4) is 0 Å². The summed E-state index contributed by atoms with van der Waals surface area (Å²) in [5, 5.41) is 13.7. The van der Waals surface area contributed by atoms with Crippen molar-refractivity contribution in [3.63, 3.8) is 0 Å². The number of aromatic nitrogens is 3. The molecule has 0 aliphatic heterocycles. The molecule has 0 amide bonds. The van der Waals surface area contributed by atoms with E-state index in [1.54, 1.807) is 6.07 Å². The van der Waals surface area contributed by atoms with Crippen LogP contribution in [0.1, 0.15) is 29.5 Å². The standard InChI is InChI=1S/C14H12ClN3O2S/c1-2-3-8-6-13-16-9(11-4-5-12(15)21-11)7-10(14(19)20)18(13)17-8/h4-7H,2-3H2,1H3,(H,19,20). The van der Waals surface area contributed by atoms with E-state index in [1.807, 2.05) is 12.1 Å². The first-order chi connectivity index (χ1) is 10.1. The highest BCUT2D eigenvalue weighted by Crippen LogP contribution is 2.30. The molecule has 0 radical (unpaired) electrons. The van der Waals surface area contributed by atoms with Crippen LogP contribution in [0, 0.1) is 0 Å². The first kappa shape index (κ1) is 14.0. The lowest BCUT2D eigenvalue weighted by Gasteiger charge is -2.03. The molecule has 3 aromatic rings. The molecule has 3 aromatic heterocycles. The monoisotopic (exact) mass is 321 g/mol. The van der Waals surface area contributed by atoms with Crippen LogP contribution in [0.2, 0.25) is 4.34 Å². The fourth-order valence-corrected chi connectivity index (χ4v) is 3.13.